The standard InChI is InChI=1S/C28H35N3O/c1-19-12-13-25-24(15-19)23(20(2)30-25)18-28(32)31-22(16-21-9-5-3-6-10-21)17-26-27(31)11-7-4-8-14-29-26/h3,5-6,9-10,12-13,15,22,26-27,29-30H,4,7-8,11,14,16-18H2,1-2H3/t22-,26+,27-/m0/s1. The fourth-order valence-electron chi connectivity index (χ4n) is 5.95. The van der Waals surface area contributed by atoms with Crippen molar-refractivity contribution < 1.29 is 4.79 Å². The number of fused-ring (bicyclic) bond motifs is 2. The number of amides is 1. The van der Waals surface area contributed by atoms with Gasteiger partial charge in [-0.15, -0.1) is 0 Å². The number of aryl methyl sites for hydroxylation is 2. The number of carbonyl (C=O) groups excluding carboxylic acids is 1. The van der Waals surface area contributed by atoms with Crippen LogP contribution in [-0.2, 0) is 17.6 Å². The first-order valence-electron chi connectivity index (χ1n) is 12.3. The molecule has 3 aromatic rings. The van der Waals surface area contributed by atoms with Crippen molar-refractivity contribution >= 4 is 16.8 Å². The minimum Gasteiger partial charge on any atom is -0.358 e. The highest BCUT2D eigenvalue weighted by atomic mass is 16.2. The first kappa shape index (κ1) is 21.3. The molecule has 1 amide bonds. The predicted molar refractivity (Wildman–Crippen MR) is 131 cm³/mol. The molecule has 0 spiro atoms. The van der Waals surface area contributed by atoms with E-state index in [1.165, 1.54) is 35.8 Å². The second kappa shape index (κ2) is 9.11. The van der Waals surface area contributed by atoms with Crippen LogP contribution in [0.1, 0.15) is 54.5 Å². The number of likely N-dealkylation sites (tertiary alicyclic amines) is 1. The molecular formula is C28H35N3O. The van der Waals surface area contributed by atoms with E-state index in [4.69, 9.17) is 0 Å². The number of carbonyl (C=O) groups is 1. The van der Waals surface area contributed by atoms with E-state index in [2.05, 4.69) is 77.6 Å². The van der Waals surface area contributed by atoms with E-state index in [-0.39, 0.29) is 11.9 Å². The van der Waals surface area contributed by atoms with Crippen molar-refractivity contribution in [2.24, 2.45) is 0 Å². The second-order valence-electron chi connectivity index (χ2n) is 9.81. The molecule has 4 nitrogen and oxygen atoms in total. The fraction of sp³-hybridized carbons (Fsp3) is 0.464. The Labute approximate surface area is 191 Å². The molecule has 2 aliphatic heterocycles. The van der Waals surface area contributed by atoms with Gasteiger partial charge >= 0.3 is 0 Å². The molecule has 0 unspecified atom stereocenters. The van der Waals surface area contributed by atoms with Gasteiger partial charge in [0, 0.05) is 34.7 Å². The monoisotopic (exact) mass is 429 g/mol. The summed E-state index contributed by atoms with van der Waals surface area (Å²) in [5, 5.41) is 4.99. The molecule has 3 heterocycles. The Bertz CT molecular complexity index is 1090. The first-order chi connectivity index (χ1) is 15.6. The highest BCUT2D eigenvalue weighted by molar-refractivity contribution is 5.91. The zero-order chi connectivity index (χ0) is 22.1. The van der Waals surface area contributed by atoms with Gasteiger partial charge in [0.25, 0.3) is 0 Å². The average molecular weight is 430 g/mol. The van der Waals surface area contributed by atoms with Gasteiger partial charge in [-0.05, 0) is 69.3 Å². The van der Waals surface area contributed by atoms with Gasteiger partial charge < -0.3 is 15.2 Å². The summed E-state index contributed by atoms with van der Waals surface area (Å²) in [6.45, 7) is 5.29. The number of aromatic amines is 1. The van der Waals surface area contributed by atoms with Crippen molar-refractivity contribution in [2.75, 3.05) is 6.54 Å². The third-order valence-electron chi connectivity index (χ3n) is 7.53. The van der Waals surface area contributed by atoms with Crippen LogP contribution in [0.15, 0.2) is 48.5 Å². The molecule has 0 radical (unpaired) electrons. The summed E-state index contributed by atoms with van der Waals surface area (Å²) in [7, 11) is 0. The summed E-state index contributed by atoms with van der Waals surface area (Å²) in [5.74, 6) is 0.284. The van der Waals surface area contributed by atoms with Gasteiger partial charge in [-0.25, -0.2) is 0 Å². The van der Waals surface area contributed by atoms with Gasteiger partial charge in [0.1, 0.15) is 0 Å². The van der Waals surface area contributed by atoms with Crippen LogP contribution in [0.2, 0.25) is 0 Å². The quantitative estimate of drug-likeness (QED) is 0.608. The van der Waals surface area contributed by atoms with Crippen molar-refractivity contribution in [3.8, 4) is 0 Å². The number of H-pyrrole nitrogens is 1. The molecule has 4 heteroatoms. The summed E-state index contributed by atoms with van der Waals surface area (Å²) in [6, 6.07) is 18.1. The molecular weight excluding hydrogens is 394 g/mol. The van der Waals surface area contributed by atoms with Crippen molar-refractivity contribution in [1.82, 2.24) is 15.2 Å². The Morgan fingerprint density at radius 1 is 1.06 bits per heavy atom. The van der Waals surface area contributed by atoms with E-state index in [1.54, 1.807) is 0 Å². The lowest BCUT2D eigenvalue weighted by Gasteiger charge is -2.33. The number of hydrogen-bond acceptors (Lipinski definition) is 2. The van der Waals surface area contributed by atoms with Crippen LogP contribution in [-0.4, -0.2) is 40.5 Å². The third-order valence-corrected chi connectivity index (χ3v) is 7.53. The van der Waals surface area contributed by atoms with Crippen LogP contribution in [0.3, 0.4) is 0 Å². The van der Waals surface area contributed by atoms with Crippen molar-refractivity contribution in [3.05, 3.63) is 70.9 Å². The molecule has 168 valence electrons. The summed E-state index contributed by atoms with van der Waals surface area (Å²) in [5.41, 5.74) is 5.96. The van der Waals surface area contributed by atoms with Crippen LogP contribution in [0.4, 0.5) is 0 Å². The van der Waals surface area contributed by atoms with E-state index in [1.807, 2.05) is 0 Å². The second-order valence-corrected chi connectivity index (χ2v) is 9.81. The predicted octanol–water partition coefficient (Wildman–Crippen LogP) is 5.07. The number of benzene rings is 2. The molecule has 2 aromatic carbocycles. The van der Waals surface area contributed by atoms with Gasteiger partial charge in [-0.1, -0.05) is 54.8 Å². The van der Waals surface area contributed by atoms with Gasteiger partial charge in [0.05, 0.1) is 6.42 Å². The molecule has 2 fully saturated rings. The van der Waals surface area contributed by atoms with Gasteiger partial charge in [0.2, 0.25) is 5.91 Å². The van der Waals surface area contributed by atoms with Crippen LogP contribution in [0, 0.1) is 13.8 Å². The Morgan fingerprint density at radius 2 is 1.91 bits per heavy atom. The largest absolute Gasteiger partial charge is 0.358 e. The maximum atomic E-state index is 13.9. The van der Waals surface area contributed by atoms with Crippen molar-refractivity contribution in [2.45, 2.75) is 76.9 Å². The zero-order valence-electron chi connectivity index (χ0n) is 19.4. The lowest BCUT2D eigenvalue weighted by atomic mass is 9.98. The highest BCUT2D eigenvalue weighted by Gasteiger charge is 2.43. The lowest BCUT2D eigenvalue weighted by molar-refractivity contribution is -0.133. The van der Waals surface area contributed by atoms with Gasteiger partial charge in [-0.3, -0.25) is 4.79 Å². The Balaban J connectivity index is 1.45. The van der Waals surface area contributed by atoms with E-state index in [0.29, 0.717) is 18.5 Å². The van der Waals surface area contributed by atoms with Gasteiger partial charge in [-0.2, -0.15) is 0 Å². The highest BCUT2D eigenvalue weighted by Crippen LogP contribution is 2.33. The van der Waals surface area contributed by atoms with E-state index >= 15 is 0 Å². The molecule has 0 aliphatic carbocycles. The van der Waals surface area contributed by atoms with Crippen molar-refractivity contribution in [1.29, 1.82) is 0 Å². The molecule has 0 bridgehead atoms. The summed E-state index contributed by atoms with van der Waals surface area (Å²) < 4.78 is 0. The normalized spacial score (nSPS) is 23.7. The third kappa shape index (κ3) is 4.21. The minimum atomic E-state index is 0.262. The fourth-order valence-corrected chi connectivity index (χ4v) is 5.95. The number of rotatable bonds is 4. The molecule has 2 aliphatic rings. The molecule has 0 saturated carbocycles. The van der Waals surface area contributed by atoms with Crippen LogP contribution < -0.4 is 5.32 Å². The zero-order valence-corrected chi connectivity index (χ0v) is 19.4. The van der Waals surface area contributed by atoms with E-state index in [9.17, 15) is 4.79 Å². The van der Waals surface area contributed by atoms with Crippen molar-refractivity contribution in [3.63, 3.8) is 0 Å². The molecule has 2 saturated heterocycles. The molecule has 5 rings (SSSR count). The molecule has 1 aromatic heterocycles. The first-order valence-corrected chi connectivity index (χ1v) is 12.3. The minimum absolute atomic E-state index is 0.262. The molecule has 2 N–H and O–H groups in total. The Hall–Kier alpha value is -2.59. The number of nitrogens with one attached hydrogen (secondary N) is 2. The molecule has 3 atom stereocenters. The maximum Gasteiger partial charge on any atom is 0.227 e. The van der Waals surface area contributed by atoms with E-state index < -0.39 is 0 Å². The SMILES string of the molecule is Cc1ccc2[nH]c(C)c(CC(=O)N3[C@@H](Cc4ccccc4)C[C@H]4NCCCCC[C@@H]43)c2c1. The van der Waals surface area contributed by atoms with Crippen LogP contribution in [0.5, 0.6) is 0 Å². The Kier molecular flexibility index (Phi) is 6.05. The summed E-state index contributed by atoms with van der Waals surface area (Å²) in [6.07, 6.45) is 7.29. The topological polar surface area (TPSA) is 48.1 Å². The lowest BCUT2D eigenvalue weighted by Crippen LogP contribution is -2.48. The van der Waals surface area contributed by atoms with Gasteiger partial charge in [0.15, 0.2) is 0 Å². The maximum absolute atomic E-state index is 13.9. The number of aromatic nitrogens is 1. The average Bonchev–Trinajstić information content (AvgIpc) is 3.25. The Morgan fingerprint density at radius 3 is 2.75 bits per heavy atom. The number of nitrogens with zero attached hydrogens (tertiary/aromatic N) is 1. The van der Waals surface area contributed by atoms with Crippen LogP contribution in [0.25, 0.3) is 10.9 Å². The van der Waals surface area contributed by atoms with E-state index in [0.717, 1.165) is 42.6 Å². The number of hydrogen-bond donors (Lipinski definition) is 2. The smallest absolute Gasteiger partial charge is 0.227 e. The van der Waals surface area contributed by atoms with Crippen LogP contribution >= 0.6 is 0 Å². The molecule has 32 heavy (non-hydrogen) atoms. The summed E-state index contributed by atoms with van der Waals surface area (Å²) >= 11 is 0. The summed E-state index contributed by atoms with van der Waals surface area (Å²) in [4.78, 5) is 19.7.